The van der Waals surface area contributed by atoms with Crippen molar-refractivity contribution in [3.8, 4) is 0 Å². The third-order valence-electron chi connectivity index (χ3n) is 2.80. The molecule has 96 valence electrons. The van der Waals surface area contributed by atoms with E-state index in [2.05, 4.69) is 32.1 Å². The van der Waals surface area contributed by atoms with Gasteiger partial charge in [0.05, 0.1) is 7.11 Å². The van der Waals surface area contributed by atoms with Crippen molar-refractivity contribution in [3.05, 3.63) is 35.5 Å². The molecule has 0 aliphatic heterocycles. The Hall–Kier alpha value is -1.31. The molecule has 0 aliphatic carbocycles. The molecule has 0 fully saturated rings. The van der Waals surface area contributed by atoms with Crippen LogP contribution < -0.4 is 0 Å². The van der Waals surface area contributed by atoms with Crippen LogP contribution in [0.2, 0.25) is 0 Å². The van der Waals surface area contributed by atoms with Gasteiger partial charge in [-0.15, -0.1) is 6.58 Å². The van der Waals surface area contributed by atoms with Crippen LogP contribution in [0, 0.1) is 0 Å². The number of allylic oxidation sites excluding steroid dienone is 4. The molecule has 0 aliphatic rings. The van der Waals surface area contributed by atoms with Crippen LogP contribution in [0.3, 0.4) is 0 Å². The summed E-state index contributed by atoms with van der Waals surface area (Å²) >= 11 is 0. The zero-order valence-corrected chi connectivity index (χ0v) is 11.5. The number of esters is 1. The second-order valence-electron chi connectivity index (χ2n) is 4.48. The van der Waals surface area contributed by atoms with Crippen LogP contribution in [0.1, 0.15) is 46.5 Å². The molecule has 0 spiro atoms. The van der Waals surface area contributed by atoms with Gasteiger partial charge in [-0.05, 0) is 46.5 Å². The maximum absolute atomic E-state index is 10.8. The molecule has 0 aromatic heterocycles. The third-order valence-corrected chi connectivity index (χ3v) is 2.80. The summed E-state index contributed by atoms with van der Waals surface area (Å²) in [6, 6.07) is 0. The number of hydrogen-bond donors (Lipinski definition) is 0. The lowest BCUT2D eigenvalue weighted by atomic mass is 10.0. The highest BCUT2D eigenvalue weighted by Gasteiger charge is 1.98. The molecule has 0 unspecified atom stereocenters. The van der Waals surface area contributed by atoms with Gasteiger partial charge in [0.15, 0.2) is 0 Å². The Morgan fingerprint density at radius 1 is 1.12 bits per heavy atom. The van der Waals surface area contributed by atoms with E-state index in [4.69, 9.17) is 0 Å². The lowest BCUT2D eigenvalue weighted by Gasteiger charge is -2.06. The summed E-state index contributed by atoms with van der Waals surface area (Å²) in [5, 5.41) is 0. The van der Waals surface area contributed by atoms with E-state index in [0.717, 1.165) is 25.7 Å². The number of hydrogen-bond acceptors (Lipinski definition) is 2. The third kappa shape index (κ3) is 8.49. The van der Waals surface area contributed by atoms with Crippen LogP contribution >= 0.6 is 0 Å². The fourth-order valence-electron chi connectivity index (χ4n) is 1.38. The molecular formula is C15H24O2. The number of ether oxygens (including phenoxy) is 1. The normalized spacial score (nSPS) is 12.5. The van der Waals surface area contributed by atoms with Gasteiger partial charge in [-0.3, -0.25) is 0 Å². The summed E-state index contributed by atoms with van der Waals surface area (Å²) < 4.78 is 4.52. The molecule has 0 aromatic carbocycles. The Labute approximate surface area is 105 Å². The molecule has 0 bridgehead atoms. The monoisotopic (exact) mass is 236 g/mol. The van der Waals surface area contributed by atoms with Crippen molar-refractivity contribution in [2.75, 3.05) is 7.11 Å². The van der Waals surface area contributed by atoms with Crippen molar-refractivity contribution < 1.29 is 9.53 Å². The average Bonchev–Trinajstić information content (AvgIpc) is 2.30. The minimum atomic E-state index is -0.286. The fraction of sp³-hybridized carbons (Fsp3) is 0.533. The van der Waals surface area contributed by atoms with E-state index < -0.39 is 0 Å². The van der Waals surface area contributed by atoms with Crippen molar-refractivity contribution >= 4 is 5.97 Å². The van der Waals surface area contributed by atoms with E-state index >= 15 is 0 Å². The summed E-state index contributed by atoms with van der Waals surface area (Å²) in [5.41, 5.74) is 4.06. The maximum atomic E-state index is 10.8. The Kier molecular flexibility index (Phi) is 8.12. The molecule has 2 heteroatoms. The first-order valence-electron chi connectivity index (χ1n) is 6.01. The van der Waals surface area contributed by atoms with Crippen LogP contribution in [-0.4, -0.2) is 13.1 Å². The van der Waals surface area contributed by atoms with Gasteiger partial charge >= 0.3 is 5.97 Å². The average molecular weight is 236 g/mol. The molecule has 2 nitrogen and oxygen atoms in total. The van der Waals surface area contributed by atoms with E-state index in [1.807, 2.05) is 6.08 Å². The molecule has 0 amide bonds. The van der Waals surface area contributed by atoms with Crippen molar-refractivity contribution in [2.24, 2.45) is 0 Å². The van der Waals surface area contributed by atoms with Crippen molar-refractivity contribution in [3.63, 3.8) is 0 Å². The highest BCUT2D eigenvalue weighted by Crippen LogP contribution is 2.17. The summed E-state index contributed by atoms with van der Waals surface area (Å²) in [5.74, 6) is -0.286. The molecule has 0 radical (unpaired) electrons. The van der Waals surface area contributed by atoms with Gasteiger partial charge < -0.3 is 4.74 Å². The molecule has 17 heavy (non-hydrogen) atoms. The molecule has 0 aromatic rings. The largest absolute Gasteiger partial charge is 0.466 e. The topological polar surface area (TPSA) is 26.3 Å². The number of carbonyl (C=O) groups excluding carboxylic acids is 1. The van der Waals surface area contributed by atoms with E-state index in [0.29, 0.717) is 0 Å². The first kappa shape index (κ1) is 15.7. The van der Waals surface area contributed by atoms with Crippen molar-refractivity contribution in [1.82, 2.24) is 0 Å². The van der Waals surface area contributed by atoms with Gasteiger partial charge in [-0.1, -0.05) is 22.8 Å². The number of carbonyl (C=O) groups is 1. The van der Waals surface area contributed by atoms with Gasteiger partial charge in [-0.25, -0.2) is 4.79 Å². The zero-order chi connectivity index (χ0) is 13.3. The van der Waals surface area contributed by atoms with Crippen LogP contribution in [-0.2, 0) is 9.53 Å². The standard InChI is InChI=1S/C15H24O2/c1-12(2)10-11-14(4)13(3)8-6-7-9-15(16)17-5/h7,9H,1,6,8,10-11H2,2-5H3/b9-7+,14-13-. The molecule has 0 rings (SSSR count). The van der Waals surface area contributed by atoms with Crippen molar-refractivity contribution in [2.45, 2.75) is 46.5 Å². The number of methoxy groups -OCH3 is 1. The molecule has 0 heterocycles. The van der Waals surface area contributed by atoms with Crippen LogP contribution in [0.5, 0.6) is 0 Å². The van der Waals surface area contributed by atoms with Gasteiger partial charge in [0.25, 0.3) is 0 Å². The Morgan fingerprint density at radius 2 is 1.71 bits per heavy atom. The summed E-state index contributed by atoms with van der Waals surface area (Å²) in [6.07, 6.45) is 7.36. The highest BCUT2D eigenvalue weighted by molar-refractivity contribution is 5.81. The quantitative estimate of drug-likeness (QED) is 0.376. The molecular weight excluding hydrogens is 212 g/mol. The van der Waals surface area contributed by atoms with Crippen molar-refractivity contribution in [1.29, 1.82) is 0 Å². The van der Waals surface area contributed by atoms with E-state index in [1.54, 1.807) is 0 Å². The molecule has 0 N–H and O–H groups in total. The maximum Gasteiger partial charge on any atom is 0.330 e. The minimum absolute atomic E-state index is 0.286. The second-order valence-corrected chi connectivity index (χ2v) is 4.48. The SMILES string of the molecule is C=C(C)CC/C(C)=C(/C)CC/C=C/C(=O)OC. The Morgan fingerprint density at radius 3 is 2.24 bits per heavy atom. The predicted octanol–water partition coefficient (Wildman–Crippen LogP) is 4.19. The lowest BCUT2D eigenvalue weighted by molar-refractivity contribution is -0.134. The fourth-order valence-corrected chi connectivity index (χ4v) is 1.38. The molecule has 0 saturated heterocycles. The van der Waals surface area contributed by atoms with E-state index in [-0.39, 0.29) is 5.97 Å². The van der Waals surface area contributed by atoms with Crippen LogP contribution in [0.4, 0.5) is 0 Å². The van der Waals surface area contributed by atoms with Gasteiger partial charge in [0.1, 0.15) is 0 Å². The van der Waals surface area contributed by atoms with Gasteiger partial charge in [-0.2, -0.15) is 0 Å². The second kappa shape index (κ2) is 8.80. The predicted molar refractivity (Wildman–Crippen MR) is 72.8 cm³/mol. The van der Waals surface area contributed by atoms with E-state index in [1.165, 1.54) is 29.9 Å². The van der Waals surface area contributed by atoms with Gasteiger partial charge in [0, 0.05) is 6.08 Å². The number of rotatable bonds is 7. The molecule has 0 saturated carbocycles. The smallest absolute Gasteiger partial charge is 0.330 e. The zero-order valence-electron chi connectivity index (χ0n) is 11.5. The summed E-state index contributed by atoms with van der Waals surface area (Å²) in [6.45, 7) is 10.3. The summed E-state index contributed by atoms with van der Waals surface area (Å²) in [4.78, 5) is 10.8. The Bertz CT molecular complexity index is 322. The Balaban J connectivity index is 4.02. The van der Waals surface area contributed by atoms with E-state index in [9.17, 15) is 4.79 Å². The van der Waals surface area contributed by atoms with Gasteiger partial charge in [0.2, 0.25) is 0 Å². The first-order chi connectivity index (χ1) is 7.97. The lowest BCUT2D eigenvalue weighted by Crippen LogP contribution is -1.93. The first-order valence-corrected chi connectivity index (χ1v) is 6.01. The van der Waals surface area contributed by atoms with Crippen LogP contribution in [0.25, 0.3) is 0 Å². The summed E-state index contributed by atoms with van der Waals surface area (Å²) in [7, 11) is 1.39. The van der Waals surface area contributed by atoms with Crippen LogP contribution in [0.15, 0.2) is 35.5 Å². The highest BCUT2D eigenvalue weighted by atomic mass is 16.5. The minimum Gasteiger partial charge on any atom is -0.466 e. The molecule has 0 atom stereocenters.